The SMILES string of the molecule is CCc1ccccc1NC(=O)CCOc1ccccc1-c1ccccc1. The molecule has 0 aromatic heterocycles. The number of hydrogen-bond acceptors (Lipinski definition) is 2. The number of anilines is 1. The molecule has 3 nitrogen and oxygen atoms in total. The van der Waals surface area contributed by atoms with Crippen LogP contribution in [0.25, 0.3) is 11.1 Å². The summed E-state index contributed by atoms with van der Waals surface area (Å²) in [4.78, 5) is 12.2. The van der Waals surface area contributed by atoms with Crippen LogP contribution in [0.15, 0.2) is 78.9 Å². The van der Waals surface area contributed by atoms with E-state index in [4.69, 9.17) is 4.74 Å². The summed E-state index contributed by atoms with van der Waals surface area (Å²) in [5.41, 5.74) is 4.15. The number of rotatable bonds is 7. The molecule has 1 N–H and O–H groups in total. The Bertz CT molecular complexity index is 859. The smallest absolute Gasteiger partial charge is 0.227 e. The lowest BCUT2D eigenvalue weighted by molar-refractivity contribution is -0.116. The second kappa shape index (κ2) is 8.86. The van der Waals surface area contributed by atoms with Crippen molar-refractivity contribution in [2.75, 3.05) is 11.9 Å². The summed E-state index contributed by atoms with van der Waals surface area (Å²) >= 11 is 0. The highest BCUT2D eigenvalue weighted by molar-refractivity contribution is 5.91. The molecule has 26 heavy (non-hydrogen) atoms. The van der Waals surface area contributed by atoms with Gasteiger partial charge in [0.15, 0.2) is 0 Å². The second-order valence-electron chi connectivity index (χ2n) is 6.02. The Labute approximate surface area is 154 Å². The van der Waals surface area contributed by atoms with E-state index in [1.807, 2.05) is 66.7 Å². The van der Waals surface area contributed by atoms with E-state index in [2.05, 4.69) is 24.4 Å². The van der Waals surface area contributed by atoms with Crippen LogP contribution in [0.4, 0.5) is 5.69 Å². The first kappa shape index (κ1) is 17.7. The number of benzene rings is 3. The Morgan fingerprint density at radius 1 is 0.885 bits per heavy atom. The lowest BCUT2D eigenvalue weighted by atomic mass is 10.1. The molecule has 132 valence electrons. The number of aryl methyl sites for hydroxylation is 1. The van der Waals surface area contributed by atoms with Crippen molar-refractivity contribution in [3.05, 3.63) is 84.4 Å². The lowest BCUT2D eigenvalue weighted by Crippen LogP contribution is -2.16. The average Bonchev–Trinajstić information content (AvgIpc) is 2.69. The first-order chi connectivity index (χ1) is 12.8. The van der Waals surface area contributed by atoms with Gasteiger partial charge in [-0.25, -0.2) is 0 Å². The molecule has 3 aromatic rings. The molecular weight excluding hydrogens is 322 g/mol. The molecule has 0 bridgehead atoms. The molecule has 0 fully saturated rings. The highest BCUT2D eigenvalue weighted by atomic mass is 16.5. The average molecular weight is 345 g/mol. The van der Waals surface area contributed by atoms with E-state index in [9.17, 15) is 4.79 Å². The fraction of sp³-hybridized carbons (Fsp3) is 0.174. The molecule has 0 aliphatic rings. The van der Waals surface area contributed by atoms with Crippen molar-refractivity contribution in [1.82, 2.24) is 0 Å². The molecular formula is C23H23NO2. The Balaban J connectivity index is 1.59. The summed E-state index contributed by atoms with van der Waals surface area (Å²) in [5, 5.41) is 2.98. The molecule has 3 rings (SSSR count). The predicted octanol–water partition coefficient (Wildman–Crippen LogP) is 5.32. The maximum Gasteiger partial charge on any atom is 0.227 e. The van der Waals surface area contributed by atoms with E-state index in [1.165, 1.54) is 0 Å². The molecule has 0 aliphatic carbocycles. The first-order valence-corrected chi connectivity index (χ1v) is 8.93. The van der Waals surface area contributed by atoms with Crippen molar-refractivity contribution >= 4 is 11.6 Å². The van der Waals surface area contributed by atoms with E-state index >= 15 is 0 Å². The fourth-order valence-corrected chi connectivity index (χ4v) is 2.87. The summed E-state index contributed by atoms with van der Waals surface area (Å²) in [5.74, 6) is 0.753. The van der Waals surface area contributed by atoms with Gasteiger partial charge in [0.1, 0.15) is 5.75 Å². The van der Waals surface area contributed by atoms with Gasteiger partial charge in [0.2, 0.25) is 5.91 Å². The molecule has 0 aliphatic heterocycles. The van der Waals surface area contributed by atoms with E-state index in [0.29, 0.717) is 13.0 Å². The minimum absolute atomic E-state index is 0.0388. The van der Waals surface area contributed by atoms with Crippen molar-refractivity contribution in [2.24, 2.45) is 0 Å². The normalized spacial score (nSPS) is 10.3. The standard InChI is InChI=1S/C23H23NO2/c1-2-18-10-6-8-14-21(18)24-23(25)16-17-26-22-15-9-7-13-20(22)19-11-4-3-5-12-19/h3-15H,2,16-17H2,1H3,(H,24,25). The van der Waals surface area contributed by atoms with Gasteiger partial charge in [-0.1, -0.05) is 73.7 Å². The maximum absolute atomic E-state index is 12.2. The van der Waals surface area contributed by atoms with Gasteiger partial charge in [-0.2, -0.15) is 0 Å². The van der Waals surface area contributed by atoms with Gasteiger partial charge in [0, 0.05) is 11.3 Å². The van der Waals surface area contributed by atoms with E-state index < -0.39 is 0 Å². The minimum atomic E-state index is -0.0388. The van der Waals surface area contributed by atoms with Gasteiger partial charge >= 0.3 is 0 Å². The first-order valence-electron chi connectivity index (χ1n) is 8.93. The van der Waals surface area contributed by atoms with Gasteiger partial charge in [0.05, 0.1) is 13.0 Å². The van der Waals surface area contributed by atoms with Crippen LogP contribution in [0.5, 0.6) is 5.75 Å². The third-order valence-electron chi connectivity index (χ3n) is 4.23. The van der Waals surface area contributed by atoms with Crippen molar-refractivity contribution < 1.29 is 9.53 Å². The second-order valence-corrected chi connectivity index (χ2v) is 6.02. The van der Waals surface area contributed by atoms with Gasteiger partial charge in [-0.05, 0) is 29.7 Å². The maximum atomic E-state index is 12.2. The zero-order valence-corrected chi connectivity index (χ0v) is 14.9. The molecule has 3 aromatic carbocycles. The molecule has 0 unspecified atom stereocenters. The number of carbonyl (C=O) groups is 1. The Hall–Kier alpha value is -3.07. The van der Waals surface area contributed by atoms with E-state index in [-0.39, 0.29) is 5.91 Å². The third kappa shape index (κ3) is 4.51. The van der Waals surface area contributed by atoms with Crippen LogP contribution in [0.2, 0.25) is 0 Å². The van der Waals surface area contributed by atoms with Crippen LogP contribution in [0.1, 0.15) is 18.9 Å². The van der Waals surface area contributed by atoms with Crippen LogP contribution in [0.3, 0.4) is 0 Å². The molecule has 0 heterocycles. The number of amides is 1. The molecule has 0 spiro atoms. The molecule has 0 atom stereocenters. The van der Waals surface area contributed by atoms with Crippen molar-refractivity contribution in [3.63, 3.8) is 0 Å². The summed E-state index contributed by atoms with van der Waals surface area (Å²) in [6, 6.07) is 25.9. The molecule has 0 radical (unpaired) electrons. The molecule has 1 amide bonds. The Morgan fingerprint density at radius 2 is 1.58 bits per heavy atom. The molecule has 0 saturated carbocycles. The monoisotopic (exact) mass is 345 g/mol. The summed E-state index contributed by atoms with van der Waals surface area (Å²) in [6.45, 7) is 2.42. The van der Waals surface area contributed by atoms with Crippen LogP contribution < -0.4 is 10.1 Å². The van der Waals surface area contributed by atoms with Gasteiger partial charge in [0.25, 0.3) is 0 Å². The highest BCUT2D eigenvalue weighted by Gasteiger charge is 2.08. The van der Waals surface area contributed by atoms with Crippen LogP contribution >= 0.6 is 0 Å². The summed E-state index contributed by atoms with van der Waals surface area (Å²) < 4.78 is 5.90. The number of para-hydroxylation sites is 2. The highest BCUT2D eigenvalue weighted by Crippen LogP contribution is 2.29. The number of ether oxygens (including phenoxy) is 1. The predicted molar refractivity (Wildman–Crippen MR) is 106 cm³/mol. The quantitative estimate of drug-likeness (QED) is 0.629. The third-order valence-corrected chi connectivity index (χ3v) is 4.23. The van der Waals surface area contributed by atoms with Gasteiger partial charge in [-0.3, -0.25) is 4.79 Å². The van der Waals surface area contributed by atoms with Crippen LogP contribution in [0, 0.1) is 0 Å². The van der Waals surface area contributed by atoms with Crippen molar-refractivity contribution in [2.45, 2.75) is 19.8 Å². The number of hydrogen-bond donors (Lipinski definition) is 1. The van der Waals surface area contributed by atoms with Gasteiger partial charge in [-0.15, -0.1) is 0 Å². The zero-order chi connectivity index (χ0) is 18.2. The van der Waals surface area contributed by atoms with Crippen molar-refractivity contribution in [1.29, 1.82) is 0 Å². The topological polar surface area (TPSA) is 38.3 Å². The van der Waals surface area contributed by atoms with E-state index in [1.54, 1.807) is 0 Å². The van der Waals surface area contributed by atoms with Gasteiger partial charge < -0.3 is 10.1 Å². The Morgan fingerprint density at radius 3 is 2.38 bits per heavy atom. The summed E-state index contributed by atoms with van der Waals surface area (Å²) in [7, 11) is 0. The lowest BCUT2D eigenvalue weighted by Gasteiger charge is -2.12. The molecule has 3 heteroatoms. The number of carbonyl (C=O) groups excluding carboxylic acids is 1. The zero-order valence-electron chi connectivity index (χ0n) is 14.9. The summed E-state index contributed by atoms with van der Waals surface area (Å²) in [6.07, 6.45) is 1.19. The minimum Gasteiger partial charge on any atom is -0.492 e. The van der Waals surface area contributed by atoms with Crippen LogP contribution in [-0.2, 0) is 11.2 Å². The number of nitrogens with one attached hydrogen (secondary N) is 1. The molecule has 0 saturated heterocycles. The van der Waals surface area contributed by atoms with E-state index in [0.717, 1.165) is 34.5 Å². The van der Waals surface area contributed by atoms with Crippen molar-refractivity contribution in [3.8, 4) is 16.9 Å². The van der Waals surface area contributed by atoms with Crippen LogP contribution in [-0.4, -0.2) is 12.5 Å². The fourth-order valence-electron chi connectivity index (χ4n) is 2.87. The Kier molecular flexibility index (Phi) is 6.05. The largest absolute Gasteiger partial charge is 0.492 e.